The minimum Gasteiger partial charge on any atom is -0.507 e. The highest BCUT2D eigenvalue weighted by Gasteiger charge is 2.20. The lowest BCUT2D eigenvalue weighted by atomic mass is 9.94. The number of unbranched alkanes of at least 4 members (excludes halogenated alkanes) is 3. The molecule has 2 aromatic rings. The molecule has 0 radical (unpaired) electrons. The Morgan fingerprint density at radius 3 is 1.72 bits per heavy atom. The zero-order chi connectivity index (χ0) is 26.3. The number of phenolic OH excluding ortho intramolecular Hbond substituents is 2. The summed E-state index contributed by atoms with van der Waals surface area (Å²) >= 11 is 0. The molecule has 2 rings (SSSR count). The second-order valence-corrected chi connectivity index (χ2v) is 8.42. The van der Waals surface area contributed by atoms with Crippen LogP contribution in [0.2, 0.25) is 0 Å². The predicted molar refractivity (Wildman–Crippen MR) is 134 cm³/mol. The maximum absolute atomic E-state index is 12.7. The van der Waals surface area contributed by atoms with Gasteiger partial charge in [-0.3, -0.25) is 40.9 Å². The van der Waals surface area contributed by atoms with Crippen molar-refractivity contribution in [3.63, 3.8) is 0 Å². The number of hydrazine groups is 2. The monoisotopic (exact) mass is 498 g/mol. The molecule has 10 heteroatoms. The van der Waals surface area contributed by atoms with Crippen molar-refractivity contribution >= 4 is 23.6 Å². The number of hydrogen-bond donors (Lipinski definition) is 6. The summed E-state index contributed by atoms with van der Waals surface area (Å²) in [5.74, 6) is -2.66. The quantitative estimate of drug-likeness (QED) is 0.195. The van der Waals surface area contributed by atoms with E-state index in [1.807, 2.05) is 0 Å². The van der Waals surface area contributed by atoms with Gasteiger partial charge in [0, 0.05) is 12.3 Å². The van der Waals surface area contributed by atoms with Crippen molar-refractivity contribution in [1.29, 1.82) is 0 Å². The summed E-state index contributed by atoms with van der Waals surface area (Å²) in [4.78, 5) is 49.0. The van der Waals surface area contributed by atoms with E-state index in [9.17, 15) is 29.4 Å². The van der Waals surface area contributed by atoms with Gasteiger partial charge in [-0.1, -0.05) is 56.9 Å². The number of hydrogen-bond acceptors (Lipinski definition) is 6. The van der Waals surface area contributed by atoms with E-state index in [1.54, 1.807) is 24.3 Å². The number of para-hydroxylation sites is 2. The summed E-state index contributed by atoms with van der Waals surface area (Å²) in [7, 11) is 0. The van der Waals surface area contributed by atoms with Gasteiger partial charge in [0.25, 0.3) is 11.8 Å². The van der Waals surface area contributed by atoms with Crippen LogP contribution in [0, 0.1) is 5.92 Å². The van der Waals surface area contributed by atoms with Gasteiger partial charge in [-0.25, -0.2) is 0 Å². The van der Waals surface area contributed by atoms with Gasteiger partial charge in [0.2, 0.25) is 11.8 Å². The van der Waals surface area contributed by atoms with E-state index in [2.05, 4.69) is 28.6 Å². The molecule has 2 aromatic carbocycles. The zero-order valence-corrected chi connectivity index (χ0v) is 20.4. The zero-order valence-electron chi connectivity index (χ0n) is 20.4. The number of aromatic hydroxyl groups is 2. The van der Waals surface area contributed by atoms with E-state index in [1.165, 1.54) is 24.3 Å². The number of rotatable bonds is 12. The van der Waals surface area contributed by atoms with E-state index < -0.39 is 11.8 Å². The molecule has 1 unspecified atom stereocenters. The Labute approximate surface area is 210 Å². The van der Waals surface area contributed by atoms with Crippen LogP contribution < -0.4 is 21.7 Å². The maximum atomic E-state index is 12.7. The van der Waals surface area contributed by atoms with Gasteiger partial charge < -0.3 is 10.2 Å². The Morgan fingerprint density at radius 2 is 1.19 bits per heavy atom. The van der Waals surface area contributed by atoms with Crippen LogP contribution in [0.1, 0.15) is 79.0 Å². The summed E-state index contributed by atoms with van der Waals surface area (Å²) in [6.07, 6.45) is 5.26. The molecule has 36 heavy (non-hydrogen) atoms. The molecule has 0 aromatic heterocycles. The van der Waals surface area contributed by atoms with Crippen LogP contribution in [0.25, 0.3) is 0 Å². The van der Waals surface area contributed by atoms with Gasteiger partial charge >= 0.3 is 0 Å². The van der Waals surface area contributed by atoms with E-state index in [4.69, 9.17) is 0 Å². The first kappa shape index (κ1) is 28.2. The van der Waals surface area contributed by atoms with Crippen molar-refractivity contribution in [2.45, 2.75) is 58.3 Å². The predicted octanol–water partition coefficient (Wildman–Crippen LogP) is 3.08. The Balaban J connectivity index is 1.76. The van der Waals surface area contributed by atoms with Crippen molar-refractivity contribution in [1.82, 2.24) is 21.7 Å². The van der Waals surface area contributed by atoms with Gasteiger partial charge in [-0.05, 0) is 43.5 Å². The molecule has 0 saturated heterocycles. The molecule has 0 aliphatic carbocycles. The minimum absolute atomic E-state index is 0.0494. The van der Waals surface area contributed by atoms with Crippen LogP contribution in [0.3, 0.4) is 0 Å². The van der Waals surface area contributed by atoms with E-state index in [0.29, 0.717) is 25.7 Å². The number of nitrogens with one attached hydrogen (secondary N) is 4. The number of benzene rings is 2. The molecular weight excluding hydrogens is 464 g/mol. The highest BCUT2D eigenvalue weighted by atomic mass is 16.3. The SMILES string of the molecule is CCCCCC(CCCCC(=O)NNC(=O)c1ccccc1O)C(=O)NNC(=O)c1ccccc1O. The first-order valence-corrected chi connectivity index (χ1v) is 12.1. The first-order valence-electron chi connectivity index (χ1n) is 12.1. The van der Waals surface area contributed by atoms with E-state index in [-0.39, 0.29) is 46.8 Å². The van der Waals surface area contributed by atoms with Crippen LogP contribution in [-0.4, -0.2) is 33.8 Å². The Kier molecular flexibility index (Phi) is 11.8. The van der Waals surface area contributed by atoms with Crippen molar-refractivity contribution in [3.05, 3.63) is 59.7 Å². The summed E-state index contributed by atoms with van der Waals surface area (Å²) < 4.78 is 0. The highest BCUT2D eigenvalue weighted by molar-refractivity contribution is 5.98. The Hall–Kier alpha value is -4.08. The molecule has 0 heterocycles. The van der Waals surface area contributed by atoms with Crippen molar-refractivity contribution in [3.8, 4) is 11.5 Å². The Bertz CT molecular complexity index is 1040. The molecule has 1 atom stereocenters. The molecule has 6 N–H and O–H groups in total. The lowest BCUT2D eigenvalue weighted by Crippen LogP contribution is -2.44. The molecular formula is C26H34N4O6. The van der Waals surface area contributed by atoms with Gasteiger partial charge in [0.05, 0.1) is 11.1 Å². The topological polar surface area (TPSA) is 157 Å². The molecule has 0 saturated carbocycles. The second-order valence-electron chi connectivity index (χ2n) is 8.42. The van der Waals surface area contributed by atoms with Crippen LogP contribution in [0.5, 0.6) is 11.5 Å². The second kappa shape index (κ2) is 15.0. The van der Waals surface area contributed by atoms with Crippen LogP contribution in [0.4, 0.5) is 0 Å². The molecule has 194 valence electrons. The number of amides is 4. The molecule has 0 fully saturated rings. The van der Waals surface area contributed by atoms with E-state index >= 15 is 0 Å². The lowest BCUT2D eigenvalue weighted by Gasteiger charge is -2.17. The van der Waals surface area contributed by atoms with Crippen LogP contribution in [0.15, 0.2) is 48.5 Å². The third kappa shape index (κ3) is 9.28. The maximum Gasteiger partial charge on any atom is 0.273 e. The molecule has 0 bridgehead atoms. The third-order valence-electron chi connectivity index (χ3n) is 5.65. The fraction of sp³-hybridized carbons (Fsp3) is 0.385. The summed E-state index contributed by atoms with van der Waals surface area (Å²) in [5, 5.41) is 19.5. The lowest BCUT2D eigenvalue weighted by molar-refractivity contribution is -0.126. The van der Waals surface area contributed by atoms with Crippen molar-refractivity contribution in [2.24, 2.45) is 5.92 Å². The average Bonchev–Trinajstić information content (AvgIpc) is 2.87. The number of carbonyl (C=O) groups excluding carboxylic acids is 4. The van der Waals surface area contributed by atoms with Gasteiger partial charge in [-0.2, -0.15) is 0 Å². The van der Waals surface area contributed by atoms with Crippen molar-refractivity contribution < 1.29 is 29.4 Å². The van der Waals surface area contributed by atoms with Gasteiger partial charge in [0.15, 0.2) is 0 Å². The number of phenols is 2. The smallest absolute Gasteiger partial charge is 0.273 e. The minimum atomic E-state index is -0.625. The average molecular weight is 499 g/mol. The van der Waals surface area contributed by atoms with Crippen LogP contribution in [-0.2, 0) is 9.59 Å². The van der Waals surface area contributed by atoms with Gasteiger partial charge in [0.1, 0.15) is 11.5 Å². The molecule has 0 aliphatic rings. The first-order chi connectivity index (χ1) is 17.3. The normalized spacial score (nSPS) is 11.2. The number of carbonyl (C=O) groups is 4. The van der Waals surface area contributed by atoms with Crippen LogP contribution >= 0.6 is 0 Å². The molecule has 10 nitrogen and oxygen atoms in total. The summed E-state index contributed by atoms with van der Waals surface area (Å²) in [6.45, 7) is 2.07. The molecule has 0 aliphatic heterocycles. The summed E-state index contributed by atoms with van der Waals surface area (Å²) in [5.41, 5.74) is 9.47. The molecule has 4 amide bonds. The molecule has 0 spiro atoms. The Morgan fingerprint density at radius 1 is 0.694 bits per heavy atom. The summed E-state index contributed by atoms with van der Waals surface area (Å²) in [6, 6.07) is 12.0. The van der Waals surface area contributed by atoms with Crippen molar-refractivity contribution in [2.75, 3.05) is 0 Å². The third-order valence-corrected chi connectivity index (χ3v) is 5.65. The highest BCUT2D eigenvalue weighted by Crippen LogP contribution is 2.19. The standard InChI is InChI=1S/C26H34N4O6/c1-2-3-4-11-18(24(34)28-30-26(36)20-14-7-9-16-22(20)32)12-5-10-17-23(33)27-29-25(35)19-13-6-8-15-21(19)31/h6-9,13-16,18,31-32H,2-5,10-12,17H2,1H3,(H,27,33)(H,28,34)(H,29,35)(H,30,36). The largest absolute Gasteiger partial charge is 0.507 e. The van der Waals surface area contributed by atoms with E-state index in [0.717, 1.165) is 19.3 Å². The fourth-order valence-corrected chi connectivity index (χ4v) is 3.60. The van der Waals surface area contributed by atoms with Gasteiger partial charge in [-0.15, -0.1) is 0 Å². The fourth-order valence-electron chi connectivity index (χ4n) is 3.60.